The molecule has 1 aliphatic rings. The summed E-state index contributed by atoms with van der Waals surface area (Å²) in [4.78, 5) is 2.43. The summed E-state index contributed by atoms with van der Waals surface area (Å²) in [5, 5.41) is 4.55. The minimum Gasteiger partial charge on any atom is -0.456 e. The van der Waals surface area contributed by atoms with Crippen LogP contribution < -0.4 is 4.90 Å². The number of para-hydroxylation sites is 1. The Morgan fingerprint density at radius 2 is 0.964 bits per heavy atom. The van der Waals surface area contributed by atoms with Crippen LogP contribution in [-0.4, -0.2) is 0 Å². The molecule has 9 aromatic carbocycles. The maximum absolute atomic E-state index is 7.17. The fourth-order valence-corrected chi connectivity index (χ4v) is 9.22. The molecule has 0 amide bonds. The highest BCUT2D eigenvalue weighted by atomic mass is 16.3. The van der Waals surface area contributed by atoms with Crippen molar-refractivity contribution in [3.05, 3.63) is 235 Å². The molecule has 0 atom stereocenters. The molecule has 0 fully saturated rings. The van der Waals surface area contributed by atoms with Crippen molar-refractivity contribution in [2.24, 2.45) is 0 Å². The van der Waals surface area contributed by atoms with Crippen molar-refractivity contribution >= 4 is 49.8 Å². The lowest BCUT2D eigenvalue weighted by Gasteiger charge is -2.35. The predicted octanol–water partition coefficient (Wildman–Crippen LogP) is 14.2. The molecule has 258 valence electrons. The topological polar surface area (TPSA) is 16.4 Å². The average molecular weight is 702 g/mol. The second-order valence-electron chi connectivity index (χ2n) is 14.4. The minimum atomic E-state index is -0.610. The van der Waals surface area contributed by atoms with Gasteiger partial charge in [0.15, 0.2) is 0 Å². The molecule has 0 saturated heterocycles. The molecule has 0 aliphatic heterocycles. The van der Waals surface area contributed by atoms with Crippen LogP contribution in [0.3, 0.4) is 0 Å². The Labute approximate surface area is 320 Å². The van der Waals surface area contributed by atoms with E-state index in [2.05, 4.69) is 217 Å². The first-order valence-corrected chi connectivity index (χ1v) is 18.9. The molecule has 1 heterocycles. The molecular weight excluding hydrogens is 667 g/mol. The number of fused-ring (bicyclic) bond motifs is 7. The molecule has 0 unspecified atom stereocenters. The average Bonchev–Trinajstić information content (AvgIpc) is 3.80. The Kier molecular flexibility index (Phi) is 7.11. The van der Waals surface area contributed by atoms with E-state index < -0.39 is 5.41 Å². The summed E-state index contributed by atoms with van der Waals surface area (Å²) in [6.07, 6.45) is 0. The molecular formula is C53H35NO. The van der Waals surface area contributed by atoms with Crippen LogP contribution in [-0.2, 0) is 5.41 Å². The smallest absolute Gasteiger partial charge is 0.142 e. The third-order valence-electron chi connectivity index (χ3n) is 11.5. The van der Waals surface area contributed by atoms with E-state index in [1.807, 2.05) is 0 Å². The van der Waals surface area contributed by atoms with Crippen molar-refractivity contribution in [2.75, 3.05) is 4.90 Å². The second kappa shape index (κ2) is 12.5. The maximum atomic E-state index is 7.17. The summed E-state index contributed by atoms with van der Waals surface area (Å²) < 4.78 is 7.17. The van der Waals surface area contributed by atoms with E-state index in [4.69, 9.17) is 4.42 Å². The van der Waals surface area contributed by atoms with E-state index >= 15 is 0 Å². The summed E-state index contributed by atoms with van der Waals surface area (Å²) in [6.45, 7) is 0. The Balaban J connectivity index is 1.25. The van der Waals surface area contributed by atoms with Gasteiger partial charge >= 0.3 is 0 Å². The lowest BCUT2D eigenvalue weighted by atomic mass is 9.67. The van der Waals surface area contributed by atoms with Gasteiger partial charge in [-0.1, -0.05) is 182 Å². The van der Waals surface area contributed by atoms with E-state index in [0.717, 1.165) is 44.6 Å². The molecule has 0 bridgehead atoms. The van der Waals surface area contributed by atoms with Crippen molar-refractivity contribution in [1.29, 1.82) is 0 Å². The third-order valence-corrected chi connectivity index (χ3v) is 11.5. The molecule has 1 aromatic heterocycles. The highest BCUT2D eigenvalue weighted by Crippen LogP contribution is 2.59. The SMILES string of the molecule is c1ccc(-c2ccc(N(c3cccc4ccccc34)c3ccc(C4(c5ccccc5)c5ccccc5-c5ccccc54)c4oc5ccccc5c34)cc2)cc1. The minimum absolute atomic E-state index is 0.610. The van der Waals surface area contributed by atoms with Crippen LogP contribution in [0.25, 0.3) is 55.0 Å². The zero-order chi connectivity index (χ0) is 36.3. The number of nitrogens with zero attached hydrogens (tertiary/aromatic N) is 1. The van der Waals surface area contributed by atoms with Crippen molar-refractivity contribution in [3.63, 3.8) is 0 Å². The van der Waals surface area contributed by atoms with Crippen molar-refractivity contribution < 1.29 is 4.42 Å². The molecule has 0 radical (unpaired) electrons. The number of hydrogen-bond donors (Lipinski definition) is 0. The van der Waals surface area contributed by atoms with E-state index in [0.29, 0.717) is 0 Å². The molecule has 0 N–H and O–H groups in total. The molecule has 10 aromatic rings. The highest BCUT2D eigenvalue weighted by molar-refractivity contribution is 6.16. The van der Waals surface area contributed by atoms with Crippen LogP contribution in [0.1, 0.15) is 22.3 Å². The number of benzene rings is 9. The Bertz CT molecular complexity index is 2980. The fraction of sp³-hybridized carbons (Fsp3) is 0.0189. The van der Waals surface area contributed by atoms with Gasteiger partial charge in [-0.05, 0) is 74.7 Å². The van der Waals surface area contributed by atoms with Gasteiger partial charge in [-0.3, -0.25) is 0 Å². The van der Waals surface area contributed by atoms with Crippen LogP contribution in [0.4, 0.5) is 17.1 Å². The Morgan fingerprint density at radius 1 is 0.382 bits per heavy atom. The summed E-state index contributed by atoms with van der Waals surface area (Å²) in [6, 6.07) is 76.8. The quantitative estimate of drug-likeness (QED) is 0.172. The third kappa shape index (κ3) is 4.68. The van der Waals surface area contributed by atoms with Crippen molar-refractivity contribution in [3.8, 4) is 22.3 Å². The van der Waals surface area contributed by atoms with E-state index in [9.17, 15) is 0 Å². The summed E-state index contributed by atoms with van der Waals surface area (Å²) >= 11 is 0. The number of anilines is 3. The lowest BCUT2D eigenvalue weighted by molar-refractivity contribution is 0.648. The van der Waals surface area contributed by atoms with Crippen LogP contribution in [0.2, 0.25) is 0 Å². The summed E-state index contributed by atoms with van der Waals surface area (Å²) in [5.74, 6) is 0. The monoisotopic (exact) mass is 701 g/mol. The van der Waals surface area contributed by atoms with Gasteiger partial charge in [0.25, 0.3) is 0 Å². The highest BCUT2D eigenvalue weighted by Gasteiger charge is 2.47. The molecule has 55 heavy (non-hydrogen) atoms. The van der Waals surface area contributed by atoms with Gasteiger partial charge in [0, 0.05) is 22.0 Å². The molecule has 2 heteroatoms. The Morgan fingerprint density at radius 3 is 1.71 bits per heavy atom. The number of rotatable bonds is 6. The van der Waals surface area contributed by atoms with E-state index in [1.54, 1.807) is 0 Å². The largest absolute Gasteiger partial charge is 0.456 e. The van der Waals surface area contributed by atoms with Gasteiger partial charge in [-0.25, -0.2) is 0 Å². The lowest BCUT2D eigenvalue weighted by Crippen LogP contribution is -2.29. The predicted molar refractivity (Wildman–Crippen MR) is 229 cm³/mol. The molecule has 1 aliphatic carbocycles. The summed E-state index contributed by atoms with van der Waals surface area (Å²) in [7, 11) is 0. The van der Waals surface area contributed by atoms with Gasteiger partial charge in [0.05, 0.1) is 22.2 Å². The number of hydrogen-bond acceptors (Lipinski definition) is 2. The molecule has 0 saturated carbocycles. The zero-order valence-corrected chi connectivity index (χ0v) is 30.1. The van der Waals surface area contributed by atoms with E-state index in [-0.39, 0.29) is 0 Å². The summed E-state index contributed by atoms with van der Waals surface area (Å²) in [5.41, 5.74) is 14.1. The normalized spacial score (nSPS) is 12.9. The van der Waals surface area contributed by atoms with Gasteiger partial charge in [-0.2, -0.15) is 0 Å². The van der Waals surface area contributed by atoms with Gasteiger partial charge < -0.3 is 9.32 Å². The standard InChI is InChI=1S/C53H35NO/c1-3-16-36(17-4-1)37-30-32-40(33-31-37)54(48-28-15-19-38-18-7-8-22-41(38)48)49-35-34-47(52-51(49)44-25-11-14-29-50(44)55-52)53(39-20-5-2-6-21-39)45-26-12-9-23-42(45)43-24-10-13-27-46(43)53/h1-35H. The second-order valence-corrected chi connectivity index (χ2v) is 14.4. The van der Waals surface area contributed by atoms with Gasteiger partial charge in [-0.15, -0.1) is 0 Å². The molecule has 0 spiro atoms. The van der Waals surface area contributed by atoms with Crippen LogP contribution in [0.15, 0.2) is 217 Å². The first-order valence-electron chi connectivity index (χ1n) is 18.9. The zero-order valence-electron chi connectivity index (χ0n) is 30.1. The first kappa shape index (κ1) is 31.4. The van der Waals surface area contributed by atoms with Gasteiger partial charge in [0.2, 0.25) is 0 Å². The van der Waals surface area contributed by atoms with E-state index in [1.165, 1.54) is 49.7 Å². The van der Waals surface area contributed by atoms with Crippen LogP contribution in [0.5, 0.6) is 0 Å². The van der Waals surface area contributed by atoms with Gasteiger partial charge in [0.1, 0.15) is 11.2 Å². The Hall–Kier alpha value is -7.16. The maximum Gasteiger partial charge on any atom is 0.142 e. The van der Waals surface area contributed by atoms with Crippen LogP contribution >= 0.6 is 0 Å². The number of furan rings is 1. The fourth-order valence-electron chi connectivity index (χ4n) is 9.22. The van der Waals surface area contributed by atoms with Crippen LogP contribution in [0, 0.1) is 0 Å². The first-order chi connectivity index (χ1) is 27.3. The molecule has 2 nitrogen and oxygen atoms in total. The van der Waals surface area contributed by atoms with Crippen molar-refractivity contribution in [2.45, 2.75) is 5.41 Å². The molecule has 11 rings (SSSR count). The van der Waals surface area contributed by atoms with Crippen molar-refractivity contribution in [1.82, 2.24) is 0 Å².